The Hall–Kier alpha value is -3.41. The Morgan fingerprint density at radius 2 is 1.74 bits per heavy atom. The molecular weight excluding hydrogens is 390 g/mol. The number of fused-ring (bicyclic) bond motifs is 1. The van der Waals surface area contributed by atoms with Crippen molar-refractivity contribution in [3.63, 3.8) is 0 Å². The van der Waals surface area contributed by atoms with Gasteiger partial charge < -0.3 is 10.2 Å². The summed E-state index contributed by atoms with van der Waals surface area (Å²) in [6, 6.07) is 15.5. The van der Waals surface area contributed by atoms with Gasteiger partial charge in [0.05, 0.1) is 11.5 Å². The number of carbonyl (C=O) groups excluding carboxylic acids is 3. The third-order valence-corrected chi connectivity index (χ3v) is 5.96. The fourth-order valence-corrected chi connectivity index (χ4v) is 4.27. The van der Waals surface area contributed by atoms with Gasteiger partial charge in [-0.05, 0) is 30.5 Å². The average molecular weight is 418 g/mol. The number of rotatable bonds is 7. The van der Waals surface area contributed by atoms with Crippen LogP contribution < -0.4 is 10.2 Å². The molecule has 0 bridgehead atoms. The van der Waals surface area contributed by atoms with E-state index in [0.717, 1.165) is 40.1 Å². The van der Waals surface area contributed by atoms with E-state index in [1.165, 1.54) is 7.05 Å². The highest BCUT2D eigenvalue weighted by Gasteiger charge is 2.48. The van der Waals surface area contributed by atoms with Crippen LogP contribution in [0.25, 0.3) is 0 Å². The number of hydrogen-bond donors (Lipinski definition) is 1. The minimum absolute atomic E-state index is 0.139. The lowest BCUT2D eigenvalue weighted by Crippen LogP contribution is -2.32. The van der Waals surface area contributed by atoms with Crippen molar-refractivity contribution in [3.05, 3.63) is 76.5 Å². The summed E-state index contributed by atoms with van der Waals surface area (Å²) in [7, 11) is 1.47. The van der Waals surface area contributed by atoms with E-state index in [1.807, 2.05) is 55.5 Å². The third kappa shape index (κ3) is 3.63. The maximum absolute atomic E-state index is 13.5. The molecule has 0 saturated carbocycles. The summed E-state index contributed by atoms with van der Waals surface area (Å²) < 4.78 is 0. The second-order valence-electron chi connectivity index (χ2n) is 8.14. The zero-order valence-electron chi connectivity index (χ0n) is 18.1. The quantitative estimate of drug-likeness (QED) is 0.702. The number of unbranched alkanes of at least 4 members (excludes halogenated alkanes) is 1. The van der Waals surface area contributed by atoms with E-state index in [4.69, 9.17) is 0 Å². The van der Waals surface area contributed by atoms with E-state index < -0.39 is 17.7 Å². The highest BCUT2D eigenvalue weighted by Crippen LogP contribution is 2.44. The van der Waals surface area contributed by atoms with E-state index >= 15 is 0 Å². The fraction of sp³-hybridized carbons (Fsp3) is 0.320. The predicted octanol–water partition coefficient (Wildman–Crippen LogP) is 3.27. The van der Waals surface area contributed by atoms with Crippen molar-refractivity contribution in [3.8, 4) is 0 Å². The Balaban J connectivity index is 1.77. The number of benzene rings is 2. The third-order valence-electron chi connectivity index (χ3n) is 5.96. The summed E-state index contributed by atoms with van der Waals surface area (Å²) in [6.07, 6.45) is 1.83. The van der Waals surface area contributed by atoms with Crippen molar-refractivity contribution in [1.29, 1.82) is 0 Å². The maximum Gasteiger partial charge on any atom is 0.277 e. The number of imide groups is 1. The molecule has 6 nitrogen and oxygen atoms in total. The number of carbonyl (C=O) groups is 3. The van der Waals surface area contributed by atoms with Crippen LogP contribution in [0.3, 0.4) is 0 Å². The standard InChI is InChI=1S/C25H27N3O3/c1-4-5-13-28-19-12-11-16(2)14-18(19)20(24(28)30)21-22(25(31)27(3)23(21)29)26-15-17-9-7-6-8-10-17/h6-12,14,20,26H,4-5,13,15H2,1-3H3. The molecule has 1 unspecified atom stereocenters. The summed E-state index contributed by atoms with van der Waals surface area (Å²) in [5, 5.41) is 3.16. The summed E-state index contributed by atoms with van der Waals surface area (Å²) in [5.74, 6) is -1.72. The molecular formula is C25H27N3O3. The van der Waals surface area contributed by atoms with E-state index in [2.05, 4.69) is 12.2 Å². The normalized spacial score (nSPS) is 18.3. The summed E-state index contributed by atoms with van der Waals surface area (Å²) in [6.45, 7) is 5.04. The van der Waals surface area contributed by atoms with Gasteiger partial charge in [-0.1, -0.05) is 61.4 Å². The summed E-state index contributed by atoms with van der Waals surface area (Å²) in [5.41, 5.74) is 4.10. The molecule has 1 N–H and O–H groups in total. The highest BCUT2D eigenvalue weighted by molar-refractivity contribution is 6.24. The Morgan fingerprint density at radius 1 is 1.00 bits per heavy atom. The molecule has 2 aliphatic heterocycles. The van der Waals surface area contributed by atoms with Gasteiger partial charge in [-0.3, -0.25) is 19.3 Å². The molecule has 2 aromatic carbocycles. The van der Waals surface area contributed by atoms with Gasteiger partial charge in [0, 0.05) is 25.8 Å². The van der Waals surface area contributed by atoms with Crippen molar-refractivity contribution in [2.75, 3.05) is 18.5 Å². The molecule has 4 rings (SSSR count). The molecule has 160 valence electrons. The lowest BCUT2D eigenvalue weighted by Gasteiger charge is -2.18. The van der Waals surface area contributed by atoms with E-state index in [1.54, 1.807) is 4.90 Å². The van der Waals surface area contributed by atoms with Crippen LogP contribution in [-0.4, -0.2) is 36.2 Å². The minimum atomic E-state index is -0.772. The van der Waals surface area contributed by atoms with Crippen molar-refractivity contribution in [2.24, 2.45) is 0 Å². The first kappa shape index (κ1) is 20.8. The largest absolute Gasteiger partial charge is 0.376 e. The van der Waals surface area contributed by atoms with Gasteiger partial charge in [0.15, 0.2) is 0 Å². The Morgan fingerprint density at radius 3 is 2.45 bits per heavy atom. The second kappa shape index (κ2) is 8.38. The highest BCUT2D eigenvalue weighted by atomic mass is 16.2. The van der Waals surface area contributed by atoms with Gasteiger partial charge in [-0.15, -0.1) is 0 Å². The molecule has 0 spiro atoms. The van der Waals surface area contributed by atoms with Crippen LogP contribution in [0.15, 0.2) is 59.8 Å². The SMILES string of the molecule is CCCCN1C(=O)C(C2=C(NCc3ccccc3)C(=O)N(C)C2=O)c2cc(C)ccc21. The van der Waals surface area contributed by atoms with Crippen LogP contribution >= 0.6 is 0 Å². The van der Waals surface area contributed by atoms with Gasteiger partial charge >= 0.3 is 0 Å². The molecule has 0 radical (unpaired) electrons. The smallest absolute Gasteiger partial charge is 0.277 e. The monoisotopic (exact) mass is 417 g/mol. The summed E-state index contributed by atoms with van der Waals surface area (Å²) >= 11 is 0. The molecule has 1 atom stereocenters. The van der Waals surface area contributed by atoms with E-state index in [9.17, 15) is 14.4 Å². The van der Waals surface area contributed by atoms with Crippen molar-refractivity contribution < 1.29 is 14.4 Å². The molecule has 0 saturated heterocycles. The lowest BCUT2D eigenvalue weighted by molar-refractivity contribution is -0.136. The molecule has 0 aromatic heterocycles. The number of likely N-dealkylation sites (N-methyl/N-ethyl adjacent to an activating group) is 1. The number of hydrogen-bond acceptors (Lipinski definition) is 4. The van der Waals surface area contributed by atoms with Gasteiger partial charge in [0.25, 0.3) is 11.8 Å². The Kier molecular flexibility index (Phi) is 5.63. The number of nitrogens with one attached hydrogen (secondary N) is 1. The number of aryl methyl sites for hydroxylation is 1. The minimum Gasteiger partial charge on any atom is -0.376 e. The first-order valence-corrected chi connectivity index (χ1v) is 10.7. The lowest BCUT2D eigenvalue weighted by atomic mass is 9.90. The zero-order chi connectivity index (χ0) is 22.1. The van der Waals surface area contributed by atoms with Crippen molar-refractivity contribution in [2.45, 2.75) is 39.2 Å². The summed E-state index contributed by atoms with van der Waals surface area (Å²) in [4.78, 5) is 42.4. The first-order valence-electron chi connectivity index (χ1n) is 10.7. The van der Waals surface area contributed by atoms with Gasteiger partial charge in [0.1, 0.15) is 5.70 Å². The van der Waals surface area contributed by atoms with Crippen LogP contribution in [0.4, 0.5) is 5.69 Å². The molecule has 6 heteroatoms. The van der Waals surface area contributed by atoms with Crippen LogP contribution in [0.1, 0.15) is 42.4 Å². The maximum atomic E-state index is 13.5. The fourth-order valence-electron chi connectivity index (χ4n) is 4.27. The second-order valence-corrected chi connectivity index (χ2v) is 8.14. The number of anilines is 1. The molecule has 3 amide bonds. The first-order chi connectivity index (χ1) is 14.9. The molecule has 31 heavy (non-hydrogen) atoms. The van der Waals surface area contributed by atoms with Crippen LogP contribution in [-0.2, 0) is 20.9 Å². The number of amides is 3. The molecule has 2 aliphatic rings. The predicted molar refractivity (Wildman–Crippen MR) is 119 cm³/mol. The van der Waals surface area contributed by atoms with Crippen LogP contribution in [0, 0.1) is 6.92 Å². The zero-order valence-corrected chi connectivity index (χ0v) is 18.1. The molecule has 2 aromatic rings. The topological polar surface area (TPSA) is 69.7 Å². The Bertz CT molecular complexity index is 1070. The van der Waals surface area contributed by atoms with Gasteiger partial charge in [-0.25, -0.2) is 0 Å². The van der Waals surface area contributed by atoms with E-state index in [0.29, 0.717) is 13.1 Å². The van der Waals surface area contributed by atoms with Gasteiger partial charge in [0.2, 0.25) is 5.91 Å². The van der Waals surface area contributed by atoms with E-state index in [-0.39, 0.29) is 17.2 Å². The van der Waals surface area contributed by atoms with Gasteiger partial charge in [-0.2, -0.15) is 0 Å². The Labute approximate surface area is 182 Å². The molecule has 0 aliphatic carbocycles. The number of nitrogens with zero attached hydrogens (tertiary/aromatic N) is 2. The molecule has 2 heterocycles. The van der Waals surface area contributed by atoms with Crippen molar-refractivity contribution >= 4 is 23.4 Å². The molecule has 0 fully saturated rings. The average Bonchev–Trinajstić information content (AvgIpc) is 3.15. The van der Waals surface area contributed by atoms with Crippen molar-refractivity contribution in [1.82, 2.24) is 10.2 Å². The van der Waals surface area contributed by atoms with Crippen LogP contribution in [0.5, 0.6) is 0 Å². The van der Waals surface area contributed by atoms with Crippen LogP contribution in [0.2, 0.25) is 0 Å².